The van der Waals surface area contributed by atoms with E-state index in [4.69, 9.17) is 16.2 Å². The normalized spacial score (nSPS) is 12.8. The van der Waals surface area contributed by atoms with Crippen LogP contribution in [0.2, 0.25) is 0 Å². The Labute approximate surface area is 179 Å². The summed E-state index contributed by atoms with van der Waals surface area (Å²) in [5.74, 6) is 1.18. The molecule has 0 aliphatic carbocycles. The summed E-state index contributed by atoms with van der Waals surface area (Å²) in [7, 11) is 0. The Balaban J connectivity index is 1.66. The fraction of sp³-hybridized carbons (Fsp3) is 0.174. The second kappa shape index (κ2) is 7.98. The van der Waals surface area contributed by atoms with E-state index < -0.39 is 0 Å². The van der Waals surface area contributed by atoms with Crippen LogP contribution < -0.4 is 16.2 Å². The minimum absolute atomic E-state index is 0.0120. The number of carbonyl (C=O) groups excluding carboxylic acids is 1. The summed E-state index contributed by atoms with van der Waals surface area (Å²) in [4.78, 5) is 28.2. The average molecular weight is 416 g/mol. The van der Waals surface area contributed by atoms with Crippen LogP contribution in [0.1, 0.15) is 30.2 Å². The molecule has 2 aromatic carbocycles. The molecule has 2 aromatic heterocycles. The number of nitrogens with zero attached hydrogens (tertiary/aromatic N) is 2. The standard InChI is InChI=1S/C23H24N6O2/c1-12(2)31-21-6-4-5-17-15(21)10-20(29-17)22(30)16(11-24)23(25)28-14-7-8-18-19(9-14)27-13(3)26-18/h4-12,29H,24H2,1-3H3,(H2,25,28)(H,26,27). The van der Waals surface area contributed by atoms with Crippen LogP contribution in [0.15, 0.2) is 59.2 Å². The predicted molar refractivity (Wildman–Crippen MR) is 123 cm³/mol. The van der Waals surface area contributed by atoms with Crippen molar-refractivity contribution in [2.24, 2.45) is 16.5 Å². The quantitative estimate of drug-likeness (QED) is 0.164. The minimum atomic E-state index is -0.353. The van der Waals surface area contributed by atoms with Crippen molar-refractivity contribution in [2.45, 2.75) is 26.9 Å². The molecular formula is C23H24N6O2. The van der Waals surface area contributed by atoms with Gasteiger partial charge in [-0.25, -0.2) is 9.98 Å². The number of aryl methyl sites for hydroxylation is 1. The number of aliphatic imine (C=N–C) groups is 1. The van der Waals surface area contributed by atoms with Crippen molar-refractivity contribution in [1.29, 1.82) is 0 Å². The molecule has 0 unspecified atom stereocenters. The molecule has 8 heteroatoms. The fourth-order valence-electron chi connectivity index (χ4n) is 3.42. The molecule has 0 spiro atoms. The van der Waals surface area contributed by atoms with E-state index in [1.165, 1.54) is 6.20 Å². The fourth-order valence-corrected chi connectivity index (χ4v) is 3.42. The number of carbonyl (C=O) groups is 1. The molecule has 0 bridgehead atoms. The van der Waals surface area contributed by atoms with Crippen molar-refractivity contribution in [3.63, 3.8) is 0 Å². The number of nitrogens with one attached hydrogen (secondary N) is 2. The van der Waals surface area contributed by atoms with E-state index in [-0.39, 0.29) is 23.3 Å². The minimum Gasteiger partial charge on any atom is -0.490 e. The predicted octanol–water partition coefficient (Wildman–Crippen LogP) is 3.85. The molecule has 0 saturated heterocycles. The van der Waals surface area contributed by atoms with Crippen LogP contribution in [-0.4, -0.2) is 32.7 Å². The van der Waals surface area contributed by atoms with Crippen molar-refractivity contribution in [1.82, 2.24) is 15.0 Å². The smallest absolute Gasteiger partial charge is 0.214 e. The van der Waals surface area contributed by atoms with Gasteiger partial charge in [-0.15, -0.1) is 0 Å². The Morgan fingerprint density at radius 3 is 2.71 bits per heavy atom. The zero-order valence-electron chi connectivity index (χ0n) is 17.6. The molecule has 0 saturated carbocycles. The van der Waals surface area contributed by atoms with E-state index in [2.05, 4.69) is 19.9 Å². The van der Waals surface area contributed by atoms with E-state index in [1.54, 1.807) is 12.1 Å². The van der Waals surface area contributed by atoms with Gasteiger partial charge >= 0.3 is 0 Å². The molecule has 158 valence electrons. The number of ether oxygens (including phenoxy) is 1. The maximum atomic E-state index is 13.1. The zero-order chi connectivity index (χ0) is 22.1. The molecule has 0 fully saturated rings. The number of imidazole rings is 1. The lowest BCUT2D eigenvalue weighted by molar-refractivity contribution is 0.103. The first-order chi connectivity index (χ1) is 14.9. The molecule has 0 aliphatic rings. The van der Waals surface area contributed by atoms with Gasteiger partial charge in [0.05, 0.1) is 34.1 Å². The molecule has 4 aromatic rings. The summed E-state index contributed by atoms with van der Waals surface area (Å²) in [5, 5.41) is 0.812. The second-order valence-electron chi connectivity index (χ2n) is 7.50. The number of aromatic amines is 2. The van der Waals surface area contributed by atoms with Gasteiger partial charge in [0.15, 0.2) is 0 Å². The number of aromatic nitrogens is 3. The summed E-state index contributed by atoms with van der Waals surface area (Å²) in [6, 6.07) is 12.8. The van der Waals surface area contributed by atoms with Crippen LogP contribution in [-0.2, 0) is 0 Å². The SMILES string of the molecule is Cc1nc2ccc(N=C(N)C(=CN)C(=O)c3cc4c(OC(C)C)cccc4[nH]3)cc2[nH]1. The molecule has 4 rings (SSSR count). The van der Waals surface area contributed by atoms with Crippen molar-refractivity contribution in [2.75, 3.05) is 0 Å². The van der Waals surface area contributed by atoms with Gasteiger partial charge in [0.2, 0.25) is 5.78 Å². The van der Waals surface area contributed by atoms with Gasteiger partial charge in [-0.3, -0.25) is 4.79 Å². The molecule has 0 amide bonds. The molecule has 0 radical (unpaired) electrons. The third-order valence-electron chi connectivity index (χ3n) is 4.75. The Morgan fingerprint density at radius 2 is 1.97 bits per heavy atom. The molecular weight excluding hydrogens is 392 g/mol. The maximum Gasteiger partial charge on any atom is 0.214 e. The lowest BCUT2D eigenvalue weighted by Crippen LogP contribution is -2.22. The number of amidine groups is 1. The molecule has 6 N–H and O–H groups in total. The largest absolute Gasteiger partial charge is 0.490 e. The number of Topliss-reactive ketones (excluding diaryl/α,β-unsaturated/α-hetero) is 1. The lowest BCUT2D eigenvalue weighted by atomic mass is 10.1. The highest BCUT2D eigenvalue weighted by molar-refractivity contribution is 6.27. The number of ketones is 1. The summed E-state index contributed by atoms with van der Waals surface area (Å²) in [6.45, 7) is 5.78. The van der Waals surface area contributed by atoms with Crippen LogP contribution in [0, 0.1) is 6.92 Å². The first-order valence-corrected chi connectivity index (χ1v) is 9.91. The van der Waals surface area contributed by atoms with Gasteiger partial charge in [0, 0.05) is 17.1 Å². The number of benzene rings is 2. The monoisotopic (exact) mass is 416 g/mol. The molecule has 8 nitrogen and oxygen atoms in total. The Bertz CT molecular complexity index is 1340. The number of fused-ring (bicyclic) bond motifs is 2. The number of rotatable bonds is 6. The summed E-state index contributed by atoms with van der Waals surface area (Å²) >= 11 is 0. The van der Waals surface area contributed by atoms with E-state index in [9.17, 15) is 4.79 Å². The van der Waals surface area contributed by atoms with Gasteiger partial charge in [-0.1, -0.05) is 6.07 Å². The van der Waals surface area contributed by atoms with Gasteiger partial charge < -0.3 is 26.2 Å². The topological polar surface area (TPSA) is 135 Å². The van der Waals surface area contributed by atoms with Gasteiger partial charge in [-0.05, 0) is 57.2 Å². The van der Waals surface area contributed by atoms with Gasteiger partial charge in [-0.2, -0.15) is 0 Å². The zero-order valence-corrected chi connectivity index (χ0v) is 17.6. The second-order valence-corrected chi connectivity index (χ2v) is 7.50. The number of H-pyrrole nitrogens is 2. The van der Waals surface area contributed by atoms with Crippen molar-refractivity contribution < 1.29 is 9.53 Å². The summed E-state index contributed by atoms with van der Waals surface area (Å²) in [6.07, 6.45) is 1.19. The van der Waals surface area contributed by atoms with Crippen LogP contribution >= 0.6 is 0 Å². The van der Waals surface area contributed by atoms with Crippen LogP contribution in [0.5, 0.6) is 5.75 Å². The van der Waals surface area contributed by atoms with Gasteiger partial charge in [0.25, 0.3) is 0 Å². The highest BCUT2D eigenvalue weighted by atomic mass is 16.5. The van der Waals surface area contributed by atoms with Gasteiger partial charge in [0.1, 0.15) is 17.4 Å². The van der Waals surface area contributed by atoms with E-state index >= 15 is 0 Å². The molecule has 31 heavy (non-hydrogen) atoms. The van der Waals surface area contributed by atoms with Crippen LogP contribution in [0.4, 0.5) is 5.69 Å². The Morgan fingerprint density at radius 1 is 1.16 bits per heavy atom. The Kier molecular flexibility index (Phi) is 5.21. The number of nitrogens with two attached hydrogens (primary N) is 2. The molecule has 0 atom stereocenters. The highest BCUT2D eigenvalue weighted by Gasteiger charge is 2.19. The Hall–Kier alpha value is -4.07. The van der Waals surface area contributed by atoms with Crippen LogP contribution in [0.25, 0.3) is 21.9 Å². The van der Waals surface area contributed by atoms with E-state index in [1.807, 2.05) is 51.1 Å². The van der Waals surface area contributed by atoms with E-state index in [0.29, 0.717) is 17.1 Å². The summed E-state index contributed by atoms with van der Waals surface area (Å²) in [5.41, 5.74) is 15.4. The van der Waals surface area contributed by atoms with Crippen molar-refractivity contribution >= 4 is 39.2 Å². The first kappa shape index (κ1) is 20.2. The van der Waals surface area contributed by atoms with Crippen LogP contribution in [0.3, 0.4) is 0 Å². The summed E-state index contributed by atoms with van der Waals surface area (Å²) < 4.78 is 5.84. The first-order valence-electron chi connectivity index (χ1n) is 9.91. The molecule has 0 aliphatic heterocycles. The highest BCUT2D eigenvalue weighted by Crippen LogP contribution is 2.28. The third-order valence-corrected chi connectivity index (χ3v) is 4.75. The number of hydrogen-bond donors (Lipinski definition) is 4. The van der Waals surface area contributed by atoms with Crippen molar-refractivity contribution in [3.8, 4) is 5.75 Å². The number of hydrogen-bond acceptors (Lipinski definition) is 5. The maximum absolute atomic E-state index is 13.1. The lowest BCUT2D eigenvalue weighted by Gasteiger charge is -2.10. The molecule has 2 heterocycles. The van der Waals surface area contributed by atoms with E-state index in [0.717, 1.165) is 27.8 Å². The third kappa shape index (κ3) is 4.00. The average Bonchev–Trinajstić information content (AvgIpc) is 3.31. The van der Waals surface area contributed by atoms with Crippen molar-refractivity contribution in [3.05, 3.63) is 65.8 Å².